The van der Waals surface area contributed by atoms with E-state index in [1.165, 1.54) is 0 Å². The summed E-state index contributed by atoms with van der Waals surface area (Å²) >= 11 is 2.25. The lowest BCUT2D eigenvalue weighted by Gasteiger charge is -2.10. The van der Waals surface area contributed by atoms with Gasteiger partial charge in [0.25, 0.3) is 0 Å². The minimum Gasteiger partial charge on any atom is -0.495 e. The van der Waals surface area contributed by atoms with Crippen LogP contribution in [0.4, 0.5) is 5.69 Å². The number of aliphatic carboxylic acids is 1. The summed E-state index contributed by atoms with van der Waals surface area (Å²) in [6.45, 7) is 0.838. The molecule has 164 valence electrons. The van der Waals surface area contributed by atoms with Crippen LogP contribution >= 0.6 is 22.6 Å². The molecular formula is C24H21IN2O5. The zero-order valence-corrected chi connectivity index (χ0v) is 19.5. The maximum atomic E-state index is 11.1. The number of aromatic nitrogens is 1. The second kappa shape index (κ2) is 9.90. The van der Waals surface area contributed by atoms with E-state index in [0.717, 1.165) is 31.6 Å². The Morgan fingerprint density at radius 2 is 2.03 bits per heavy atom. The molecule has 2 heterocycles. The Hall–Kier alpha value is -3.27. The summed E-state index contributed by atoms with van der Waals surface area (Å²) in [5, 5.41) is 13.4. The second-order valence-corrected chi connectivity index (χ2v) is 8.30. The number of ether oxygens (including phenoxy) is 2. The molecule has 0 bridgehead atoms. The van der Waals surface area contributed by atoms with Crippen molar-refractivity contribution in [1.29, 1.82) is 0 Å². The fraction of sp³-hybridized carbons (Fsp3) is 0.167. The number of hydrogen-bond acceptors (Lipinski definition) is 6. The largest absolute Gasteiger partial charge is 0.495 e. The van der Waals surface area contributed by atoms with Crippen LogP contribution in [0.2, 0.25) is 0 Å². The van der Waals surface area contributed by atoms with Gasteiger partial charge in [0.2, 0.25) is 0 Å². The lowest BCUT2D eigenvalue weighted by atomic mass is 10.1. The van der Waals surface area contributed by atoms with Gasteiger partial charge in [0, 0.05) is 17.0 Å². The first-order valence-electron chi connectivity index (χ1n) is 9.88. The van der Waals surface area contributed by atoms with Crippen LogP contribution in [-0.2, 0) is 24.4 Å². The minimum absolute atomic E-state index is 0.0758. The molecule has 2 aromatic heterocycles. The van der Waals surface area contributed by atoms with Gasteiger partial charge in [-0.05, 0) is 52.4 Å². The second-order valence-electron chi connectivity index (χ2n) is 7.14. The van der Waals surface area contributed by atoms with Crippen LogP contribution in [0.15, 0.2) is 65.3 Å². The molecule has 0 saturated carbocycles. The van der Waals surface area contributed by atoms with Crippen molar-refractivity contribution in [2.75, 3.05) is 12.4 Å². The highest BCUT2D eigenvalue weighted by Gasteiger charge is 2.12. The van der Waals surface area contributed by atoms with Crippen molar-refractivity contribution in [2.45, 2.75) is 19.6 Å². The van der Waals surface area contributed by atoms with Gasteiger partial charge in [-0.3, -0.25) is 9.78 Å². The molecule has 0 aliphatic rings. The van der Waals surface area contributed by atoms with Gasteiger partial charge >= 0.3 is 5.97 Å². The number of pyridine rings is 1. The number of fused-ring (bicyclic) bond motifs is 1. The zero-order valence-electron chi connectivity index (χ0n) is 17.3. The Morgan fingerprint density at radius 1 is 1.19 bits per heavy atom. The van der Waals surface area contributed by atoms with E-state index in [4.69, 9.17) is 19.0 Å². The molecule has 4 aromatic rings. The number of methoxy groups -OCH3 is 1. The molecule has 0 aliphatic heterocycles. The molecule has 0 saturated heterocycles. The molecule has 8 heteroatoms. The van der Waals surface area contributed by atoms with Crippen LogP contribution in [0, 0.1) is 3.57 Å². The number of anilines is 1. The van der Waals surface area contributed by atoms with Gasteiger partial charge < -0.3 is 24.3 Å². The Labute approximate surface area is 198 Å². The summed E-state index contributed by atoms with van der Waals surface area (Å²) in [5.74, 6) is 1.17. The highest BCUT2D eigenvalue weighted by molar-refractivity contribution is 14.1. The topological polar surface area (TPSA) is 93.8 Å². The van der Waals surface area contributed by atoms with Gasteiger partial charge in [0.15, 0.2) is 0 Å². The van der Waals surface area contributed by atoms with Gasteiger partial charge in [-0.1, -0.05) is 18.2 Å². The van der Waals surface area contributed by atoms with Crippen LogP contribution in [0.25, 0.3) is 11.0 Å². The van der Waals surface area contributed by atoms with Crippen LogP contribution in [0.5, 0.6) is 11.5 Å². The van der Waals surface area contributed by atoms with Crippen molar-refractivity contribution < 1.29 is 23.8 Å². The molecule has 7 nitrogen and oxygen atoms in total. The van der Waals surface area contributed by atoms with Crippen molar-refractivity contribution in [1.82, 2.24) is 4.98 Å². The molecule has 0 spiro atoms. The maximum absolute atomic E-state index is 11.1. The molecule has 32 heavy (non-hydrogen) atoms. The van der Waals surface area contributed by atoms with E-state index in [1.807, 2.05) is 36.4 Å². The number of carboxylic acids is 1. The first kappa shape index (κ1) is 21.9. The van der Waals surface area contributed by atoms with E-state index < -0.39 is 5.97 Å². The molecule has 0 atom stereocenters. The number of nitrogens with zero attached hydrogens (tertiary/aromatic N) is 1. The number of hydrogen-bond donors (Lipinski definition) is 2. The molecule has 0 unspecified atom stereocenters. The molecule has 0 aliphatic carbocycles. The SMILES string of the molecule is COc1cncc(NCc2cc3cc(COc4ccccc4CC(=O)O)cc(I)c3o2)c1. The highest BCUT2D eigenvalue weighted by atomic mass is 127. The lowest BCUT2D eigenvalue weighted by Crippen LogP contribution is -2.04. The summed E-state index contributed by atoms with van der Waals surface area (Å²) in [5.41, 5.74) is 3.29. The third-order valence-corrected chi connectivity index (χ3v) is 5.61. The van der Waals surface area contributed by atoms with Crippen molar-refractivity contribution in [3.8, 4) is 11.5 Å². The molecule has 0 amide bonds. The number of carbonyl (C=O) groups is 1. The van der Waals surface area contributed by atoms with Crippen LogP contribution in [0.3, 0.4) is 0 Å². The minimum atomic E-state index is -0.888. The third-order valence-electron chi connectivity index (χ3n) is 4.81. The predicted molar refractivity (Wildman–Crippen MR) is 129 cm³/mol. The average molecular weight is 544 g/mol. The third kappa shape index (κ3) is 5.31. The maximum Gasteiger partial charge on any atom is 0.307 e. The number of benzene rings is 2. The van der Waals surface area contributed by atoms with E-state index in [9.17, 15) is 4.79 Å². The Bertz CT molecular complexity index is 1250. The predicted octanol–water partition coefficient (Wildman–Crippen LogP) is 5.26. The first-order chi connectivity index (χ1) is 15.5. The van der Waals surface area contributed by atoms with Crippen LogP contribution in [-0.4, -0.2) is 23.2 Å². The highest BCUT2D eigenvalue weighted by Crippen LogP contribution is 2.28. The Balaban J connectivity index is 1.47. The van der Waals surface area contributed by atoms with Gasteiger partial charge in [0.1, 0.15) is 29.4 Å². The summed E-state index contributed by atoms with van der Waals surface area (Å²) in [4.78, 5) is 15.2. The number of nitrogens with one attached hydrogen (secondary N) is 1. The van der Waals surface area contributed by atoms with Crippen LogP contribution in [0.1, 0.15) is 16.9 Å². The number of rotatable bonds is 9. The van der Waals surface area contributed by atoms with Crippen molar-refractivity contribution in [2.24, 2.45) is 0 Å². The zero-order chi connectivity index (χ0) is 22.5. The van der Waals surface area contributed by atoms with Gasteiger partial charge in [-0.15, -0.1) is 0 Å². The van der Waals surface area contributed by atoms with E-state index in [2.05, 4.69) is 32.9 Å². The molecule has 0 radical (unpaired) electrons. The number of furan rings is 1. The molecular weight excluding hydrogens is 523 g/mol. The van der Waals surface area contributed by atoms with Gasteiger partial charge in [0.05, 0.1) is 41.7 Å². The molecule has 2 N–H and O–H groups in total. The van der Waals surface area contributed by atoms with E-state index >= 15 is 0 Å². The summed E-state index contributed by atoms with van der Waals surface area (Å²) in [6.07, 6.45) is 3.30. The number of halogens is 1. The Kier molecular flexibility index (Phi) is 6.79. The first-order valence-corrected chi connectivity index (χ1v) is 11.0. The van der Waals surface area contributed by atoms with Crippen molar-refractivity contribution in [3.63, 3.8) is 0 Å². The summed E-state index contributed by atoms with van der Waals surface area (Å²) in [7, 11) is 1.61. The fourth-order valence-electron chi connectivity index (χ4n) is 3.32. The number of carboxylic acid groups (broad SMARTS) is 1. The van der Waals surface area contributed by atoms with E-state index in [1.54, 1.807) is 31.6 Å². The van der Waals surface area contributed by atoms with E-state index in [-0.39, 0.29) is 6.42 Å². The van der Waals surface area contributed by atoms with Gasteiger partial charge in [-0.2, -0.15) is 0 Å². The van der Waals surface area contributed by atoms with Gasteiger partial charge in [-0.25, -0.2) is 0 Å². The lowest BCUT2D eigenvalue weighted by molar-refractivity contribution is -0.136. The molecule has 2 aromatic carbocycles. The fourth-order valence-corrected chi connectivity index (χ4v) is 4.14. The quantitative estimate of drug-likeness (QED) is 0.278. The summed E-state index contributed by atoms with van der Waals surface area (Å²) < 4.78 is 18.1. The standard InChI is InChI=1S/C24H21IN2O5/c1-30-19-10-18(11-26-12-19)27-13-20-8-17-6-15(7-21(25)24(17)32-20)14-31-22-5-3-2-4-16(22)9-23(28)29/h2-8,10-12,27H,9,13-14H2,1H3,(H,28,29). The van der Waals surface area contributed by atoms with E-state index in [0.29, 0.717) is 30.2 Å². The van der Waals surface area contributed by atoms with Crippen molar-refractivity contribution in [3.05, 3.63) is 81.4 Å². The normalized spacial score (nSPS) is 10.8. The molecule has 4 rings (SSSR count). The summed E-state index contributed by atoms with van der Waals surface area (Å²) in [6, 6.07) is 15.1. The van der Waals surface area contributed by atoms with Crippen LogP contribution < -0.4 is 14.8 Å². The Morgan fingerprint density at radius 3 is 2.84 bits per heavy atom. The van der Waals surface area contributed by atoms with Crippen molar-refractivity contribution >= 4 is 45.2 Å². The average Bonchev–Trinajstić information content (AvgIpc) is 3.20. The molecule has 0 fully saturated rings. The smallest absolute Gasteiger partial charge is 0.307 e. The monoisotopic (exact) mass is 544 g/mol. The number of para-hydroxylation sites is 1.